The molecule has 0 N–H and O–H groups in total. The summed E-state index contributed by atoms with van der Waals surface area (Å²) < 4.78 is 0. The Morgan fingerprint density at radius 2 is 1.68 bits per heavy atom. The maximum absolute atomic E-state index is 9.42. The summed E-state index contributed by atoms with van der Waals surface area (Å²) >= 11 is 0. The molecule has 1 fully saturated rings. The number of nitriles is 1. The van der Waals surface area contributed by atoms with Crippen LogP contribution in [0, 0.1) is 25.2 Å². The third-order valence-corrected chi connectivity index (χ3v) is 4.07. The molecule has 0 spiro atoms. The van der Waals surface area contributed by atoms with E-state index in [9.17, 15) is 5.26 Å². The van der Waals surface area contributed by atoms with Gasteiger partial charge in [-0.1, -0.05) is 0 Å². The molecule has 0 saturated carbocycles. The summed E-state index contributed by atoms with van der Waals surface area (Å²) in [5, 5.41) is 9.42. The Bertz CT molecular complexity index is 697. The van der Waals surface area contributed by atoms with Crippen molar-refractivity contribution in [1.82, 2.24) is 9.97 Å². The average molecular weight is 293 g/mol. The summed E-state index contributed by atoms with van der Waals surface area (Å²) in [6, 6.07) is 8.40. The van der Waals surface area contributed by atoms with Gasteiger partial charge in [0.15, 0.2) is 0 Å². The summed E-state index contributed by atoms with van der Waals surface area (Å²) in [6.07, 6.45) is 3.65. The fourth-order valence-corrected chi connectivity index (χ4v) is 2.96. The van der Waals surface area contributed by atoms with Crippen molar-refractivity contribution in [3.8, 4) is 6.07 Å². The average Bonchev–Trinajstić information content (AvgIpc) is 2.55. The van der Waals surface area contributed by atoms with Crippen molar-refractivity contribution in [3.05, 3.63) is 47.5 Å². The van der Waals surface area contributed by atoms with Crippen molar-refractivity contribution in [1.29, 1.82) is 5.26 Å². The Kier molecular flexibility index (Phi) is 3.92. The van der Waals surface area contributed by atoms with E-state index in [2.05, 4.69) is 25.8 Å². The van der Waals surface area contributed by atoms with Crippen molar-refractivity contribution < 1.29 is 0 Å². The normalized spacial score (nSPS) is 14.8. The Hall–Kier alpha value is -2.61. The Balaban J connectivity index is 1.79. The molecule has 1 saturated heterocycles. The lowest BCUT2D eigenvalue weighted by molar-refractivity contribution is 0.652. The summed E-state index contributed by atoms with van der Waals surface area (Å²) in [7, 11) is 0. The number of aryl methyl sites for hydroxylation is 2. The highest BCUT2D eigenvalue weighted by molar-refractivity contribution is 5.62. The van der Waals surface area contributed by atoms with Gasteiger partial charge in [-0.3, -0.25) is 9.97 Å². The van der Waals surface area contributed by atoms with Crippen LogP contribution in [0.5, 0.6) is 0 Å². The number of hydrogen-bond donors (Lipinski definition) is 0. The van der Waals surface area contributed by atoms with Gasteiger partial charge in [-0.15, -0.1) is 0 Å². The van der Waals surface area contributed by atoms with Gasteiger partial charge in [-0.2, -0.15) is 5.26 Å². The van der Waals surface area contributed by atoms with E-state index in [1.165, 1.54) is 5.69 Å². The second-order valence-corrected chi connectivity index (χ2v) is 5.53. The maximum atomic E-state index is 9.42. The fourth-order valence-electron chi connectivity index (χ4n) is 2.96. The molecule has 5 heteroatoms. The highest BCUT2D eigenvalue weighted by Crippen LogP contribution is 2.25. The molecule has 112 valence electrons. The van der Waals surface area contributed by atoms with Gasteiger partial charge in [0.05, 0.1) is 16.9 Å². The predicted molar refractivity (Wildman–Crippen MR) is 87.1 cm³/mol. The number of hydrogen-bond acceptors (Lipinski definition) is 5. The van der Waals surface area contributed by atoms with Crippen LogP contribution in [0.25, 0.3) is 0 Å². The number of piperazine rings is 1. The standard InChI is InChI=1S/C17H19N5/c1-13-11-17(16(12-18)14(2)20-13)22-9-7-21(8-10-22)15-3-5-19-6-4-15/h3-6,11H,7-10H2,1-2H3. The van der Waals surface area contributed by atoms with Crippen LogP contribution in [0.3, 0.4) is 0 Å². The minimum atomic E-state index is 0.697. The summed E-state index contributed by atoms with van der Waals surface area (Å²) in [6.45, 7) is 7.57. The largest absolute Gasteiger partial charge is 0.368 e. The van der Waals surface area contributed by atoms with Crippen LogP contribution in [-0.2, 0) is 0 Å². The van der Waals surface area contributed by atoms with Gasteiger partial charge in [0, 0.05) is 50.0 Å². The molecular formula is C17H19N5. The molecule has 0 aliphatic carbocycles. The van der Waals surface area contributed by atoms with E-state index in [1.807, 2.05) is 44.4 Å². The van der Waals surface area contributed by atoms with E-state index < -0.39 is 0 Å². The van der Waals surface area contributed by atoms with Crippen LogP contribution in [0.1, 0.15) is 17.0 Å². The molecule has 0 amide bonds. The second kappa shape index (κ2) is 6.02. The molecule has 3 heterocycles. The zero-order valence-corrected chi connectivity index (χ0v) is 13.0. The minimum Gasteiger partial charge on any atom is -0.368 e. The lowest BCUT2D eigenvalue weighted by Crippen LogP contribution is -2.46. The molecule has 2 aromatic heterocycles. The van der Waals surface area contributed by atoms with Crippen LogP contribution in [0.2, 0.25) is 0 Å². The van der Waals surface area contributed by atoms with Gasteiger partial charge in [0.25, 0.3) is 0 Å². The zero-order valence-electron chi connectivity index (χ0n) is 13.0. The zero-order chi connectivity index (χ0) is 15.5. The van der Waals surface area contributed by atoms with E-state index in [-0.39, 0.29) is 0 Å². The lowest BCUT2D eigenvalue weighted by atomic mass is 10.1. The first kappa shape index (κ1) is 14.3. The number of nitrogens with zero attached hydrogens (tertiary/aromatic N) is 5. The van der Waals surface area contributed by atoms with Gasteiger partial charge >= 0.3 is 0 Å². The van der Waals surface area contributed by atoms with E-state index >= 15 is 0 Å². The first-order chi connectivity index (χ1) is 10.7. The Labute approximate surface area is 130 Å². The van der Waals surface area contributed by atoms with E-state index in [1.54, 1.807) is 0 Å². The molecule has 0 aromatic carbocycles. The highest BCUT2D eigenvalue weighted by atomic mass is 15.3. The summed E-state index contributed by atoms with van der Waals surface area (Å²) in [5.74, 6) is 0. The minimum absolute atomic E-state index is 0.697. The fraction of sp³-hybridized carbons (Fsp3) is 0.353. The molecule has 0 atom stereocenters. The Morgan fingerprint density at radius 3 is 2.32 bits per heavy atom. The van der Waals surface area contributed by atoms with Crippen LogP contribution < -0.4 is 9.80 Å². The van der Waals surface area contributed by atoms with E-state index in [0.717, 1.165) is 43.3 Å². The van der Waals surface area contributed by atoms with Crippen LogP contribution >= 0.6 is 0 Å². The third-order valence-electron chi connectivity index (χ3n) is 4.07. The first-order valence-electron chi connectivity index (χ1n) is 7.47. The van der Waals surface area contributed by atoms with Crippen molar-refractivity contribution >= 4 is 11.4 Å². The van der Waals surface area contributed by atoms with Crippen molar-refractivity contribution in [2.24, 2.45) is 0 Å². The van der Waals surface area contributed by atoms with Crippen LogP contribution in [0.15, 0.2) is 30.6 Å². The molecule has 0 bridgehead atoms. The molecule has 1 aliphatic heterocycles. The van der Waals surface area contributed by atoms with Crippen LogP contribution in [0.4, 0.5) is 11.4 Å². The summed E-state index contributed by atoms with van der Waals surface area (Å²) in [5.41, 5.74) is 4.69. The monoisotopic (exact) mass is 293 g/mol. The third kappa shape index (κ3) is 2.73. The molecule has 22 heavy (non-hydrogen) atoms. The molecule has 0 unspecified atom stereocenters. The topological polar surface area (TPSA) is 56.0 Å². The molecule has 5 nitrogen and oxygen atoms in total. The Morgan fingerprint density at radius 1 is 1.05 bits per heavy atom. The number of rotatable bonds is 2. The SMILES string of the molecule is Cc1cc(N2CCN(c3ccncc3)CC2)c(C#N)c(C)n1. The van der Waals surface area contributed by atoms with Crippen molar-refractivity contribution in [2.45, 2.75) is 13.8 Å². The van der Waals surface area contributed by atoms with Crippen molar-refractivity contribution in [3.63, 3.8) is 0 Å². The van der Waals surface area contributed by atoms with Gasteiger partial charge in [0.1, 0.15) is 6.07 Å². The van der Waals surface area contributed by atoms with Crippen LogP contribution in [-0.4, -0.2) is 36.1 Å². The smallest absolute Gasteiger partial charge is 0.103 e. The predicted octanol–water partition coefficient (Wildman–Crippen LogP) is 2.29. The maximum Gasteiger partial charge on any atom is 0.103 e. The van der Waals surface area contributed by atoms with Gasteiger partial charge < -0.3 is 9.80 Å². The van der Waals surface area contributed by atoms with Gasteiger partial charge in [0.2, 0.25) is 0 Å². The first-order valence-corrected chi connectivity index (χ1v) is 7.47. The number of pyridine rings is 2. The van der Waals surface area contributed by atoms with E-state index in [0.29, 0.717) is 5.56 Å². The molecule has 0 radical (unpaired) electrons. The molecule has 1 aliphatic rings. The van der Waals surface area contributed by atoms with E-state index in [4.69, 9.17) is 0 Å². The number of anilines is 2. The molecular weight excluding hydrogens is 274 g/mol. The number of aromatic nitrogens is 2. The highest BCUT2D eigenvalue weighted by Gasteiger charge is 2.21. The lowest BCUT2D eigenvalue weighted by Gasteiger charge is -2.37. The second-order valence-electron chi connectivity index (χ2n) is 5.53. The molecule has 3 rings (SSSR count). The summed E-state index contributed by atoms with van der Waals surface area (Å²) in [4.78, 5) is 13.1. The quantitative estimate of drug-likeness (QED) is 0.850. The van der Waals surface area contributed by atoms with Gasteiger partial charge in [-0.05, 0) is 32.0 Å². The van der Waals surface area contributed by atoms with Gasteiger partial charge in [-0.25, -0.2) is 0 Å². The van der Waals surface area contributed by atoms with Crippen molar-refractivity contribution in [2.75, 3.05) is 36.0 Å². The molecule has 2 aromatic rings.